The van der Waals surface area contributed by atoms with E-state index < -0.39 is 17.3 Å². The van der Waals surface area contributed by atoms with Crippen molar-refractivity contribution in [2.75, 3.05) is 7.05 Å². The van der Waals surface area contributed by atoms with E-state index in [0.29, 0.717) is 10.4 Å². The molecule has 2 aliphatic rings. The van der Waals surface area contributed by atoms with Gasteiger partial charge in [-0.3, -0.25) is 9.69 Å². The first-order valence-electron chi connectivity index (χ1n) is 9.02. The lowest BCUT2D eigenvalue weighted by Gasteiger charge is -2.40. The predicted octanol–water partition coefficient (Wildman–Crippen LogP) is 4.46. The van der Waals surface area contributed by atoms with E-state index in [9.17, 15) is 18.0 Å². The van der Waals surface area contributed by atoms with Gasteiger partial charge < -0.3 is 5.73 Å². The molecule has 2 N–H and O–H groups in total. The molecule has 2 heterocycles. The number of thiophene rings is 1. The number of hydrogen-bond donors (Lipinski definition) is 1. The zero-order valence-electron chi connectivity index (χ0n) is 15.5. The van der Waals surface area contributed by atoms with Gasteiger partial charge in [0.25, 0.3) is 0 Å². The number of nitrogens with zero attached hydrogens (tertiary/aromatic N) is 2. The van der Waals surface area contributed by atoms with Crippen LogP contribution in [0.2, 0.25) is 0 Å². The van der Waals surface area contributed by atoms with Crippen LogP contribution in [-0.4, -0.2) is 23.8 Å². The molecule has 8 heteroatoms. The van der Waals surface area contributed by atoms with Crippen LogP contribution in [0, 0.1) is 11.8 Å². The minimum atomic E-state index is -4.39. The summed E-state index contributed by atoms with van der Waals surface area (Å²) in [6.45, 7) is 1.90. The van der Waals surface area contributed by atoms with Crippen LogP contribution in [0.1, 0.15) is 30.2 Å². The van der Waals surface area contributed by atoms with E-state index in [1.807, 2.05) is 13.0 Å². The van der Waals surface area contributed by atoms with E-state index >= 15 is 0 Å². The molecule has 1 fully saturated rings. The average Bonchev–Trinajstić information content (AvgIpc) is 3.32. The highest BCUT2D eigenvalue weighted by Crippen LogP contribution is 2.52. The van der Waals surface area contributed by atoms with Crippen LogP contribution >= 0.6 is 11.3 Å². The molecule has 2 aromatic rings. The maximum Gasteiger partial charge on any atom is 0.416 e. The number of rotatable bonds is 3. The summed E-state index contributed by atoms with van der Waals surface area (Å²) < 4.78 is 39.1. The second kappa shape index (κ2) is 6.34. The number of amides is 1. The van der Waals surface area contributed by atoms with E-state index in [2.05, 4.69) is 4.99 Å². The topological polar surface area (TPSA) is 58.7 Å². The molecule has 4 rings (SSSR count). The smallest absolute Gasteiger partial charge is 0.369 e. The summed E-state index contributed by atoms with van der Waals surface area (Å²) in [4.78, 5) is 20.5. The molecular formula is C20H20F3N3OS. The summed E-state index contributed by atoms with van der Waals surface area (Å²) in [6.07, 6.45) is -2.44. The number of nitrogens with two attached hydrogens (primary N) is 1. The van der Waals surface area contributed by atoms with Gasteiger partial charge in [-0.05, 0) is 55.5 Å². The van der Waals surface area contributed by atoms with Crippen LogP contribution in [0.5, 0.6) is 0 Å². The van der Waals surface area contributed by atoms with Gasteiger partial charge in [0, 0.05) is 16.8 Å². The SMILES string of the molecule is CN1C(=O)[C@@H](C2CC2)[C@@](C)(c2ccc(-c3cccc(C(F)(F)F)c3)s2)N=C1N. The second-order valence-corrected chi connectivity index (χ2v) is 8.66. The minimum absolute atomic E-state index is 0.0495. The lowest BCUT2D eigenvalue weighted by atomic mass is 9.79. The van der Waals surface area contributed by atoms with Crippen LogP contribution in [0.3, 0.4) is 0 Å². The molecule has 1 aliphatic heterocycles. The first-order valence-corrected chi connectivity index (χ1v) is 9.84. The van der Waals surface area contributed by atoms with Gasteiger partial charge in [-0.25, -0.2) is 4.99 Å². The van der Waals surface area contributed by atoms with Gasteiger partial charge in [0.2, 0.25) is 5.91 Å². The molecule has 0 radical (unpaired) electrons. The van der Waals surface area contributed by atoms with Gasteiger partial charge in [0.05, 0.1) is 11.5 Å². The van der Waals surface area contributed by atoms with Crippen LogP contribution in [-0.2, 0) is 16.5 Å². The Balaban J connectivity index is 1.75. The largest absolute Gasteiger partial charge is 0.416 e. The molecule has 148 valence electrons. The molecule has 1 aromatic heterocycles. The van der Waals surface area contributed by atoms with Gasteiger partial charge >= 0.3 is 6.18 Å². The van der Waals surface area contributed by atoms with Gasteiger partial charge in [-0.1, -0.05) is 12.1 Å². The van der Waals surface area contributed by atoms with E-state index in [1.165, 1.54) is 22.3 Å². The number of carbonyl (C=O) groups is 1. The lowest BCUT2D eigenvalue weighted by Crippen LogP contribution is -2.54. The Morgan fingerprint density at radius 3 is 2.61 bits per heavy atom. The Kier molecular flexibility index (Phi) is 4.30. The third kappa shape index (κ3) is 3.09. The third-order valence-corrected chi connectivity index (χ3v) is 6.93. The van der Waals surface area contributed by atoms with E-state index in [4.69, 9.17) is 5.73 Å². The van der Waals surface area contributed by atoms with Crippen molar-refractivity contribution in [3.8, 4) is 10.4 Å². The van der Waals surface area contributed by atoms with E-state index in [-0.39, 0.29) is 23.7 Å². The quantitative estimate of drug-likeness (QED) is 0.817. The molecule has 0 saturated heterocycles. The van der Waals surface area contributed by atoms with Gasteiger partial charge in [0.15, 0.2) is 5.96 Å². The molecule has 2 atom stereocenters. The van der Waals surface area contributed by atoms with E-state index in [0.717, 1.165) is 29.9 Å². The highest BCUT2D eigenvalue weighted by Gasteiger charge is 2.53. The highest BCUT2D eigenvalue weighted by atomic mass is 32.1. The number of alkyl halides is 3. The zero-order valence-corrected chi connectivity index (χ0v) is 16.3. The summed E-state index contributed by atoms with van der Waals surface area (Å²) in [7, 11) is 1.62. The van der Waals surface area contributed by atoms with Crippen LogP contribution < -0.4 is 5.73 Å². The van der Waals surface area contributed by atoms with E-state index in [1.54, 1.807) is 19.2 Å². The van der Waals surface area contributed by atoms with Crippen molar-refractivity contribution in [3.63, 3.8) is 0 Å². The summed E-state index contributed by atoms with van der Waals surface area (Å²) in [5, 5.41) is 0. The molecule has 0 spiro atoms. The lowest BCUT2D eigenvalue weighted by molar-refractivity contribution is -0.137. The number of carbonyl (C=O) groups excluding carboxylic acids is 1. The van der Waals surface area contributed by atoms with Crippen LogP contribution in [0.4, 0.5) is 13.2 Å². The van der Waals surface area contributed by atoms with Crippen molar-refractivity contribution in [2.45, 2.75) is 31.5 Å². The normalized spacial score (nSPS) is 25.8. The fraction of sp³-hybridized carbons (Fsp3) is 0.400. The van der Waals surface area contributed by atoms with Crippen molar-refractivity contribution in [2.24, 2.45) is 22.6 Å². The fourth-order valence-electron chi connectivity index (χ4n) is 3.86. The molecule has 4 nitrogen and oxygen atoms in total. The monoisotopic (exact) mass is 407 g/mol. The number of benzene rings is 1. The predicted molar refractivity (Wildman–Crippen MR) is 103 cm³/mol. The number of hydrogen-bond acceptors (Lipinski definition) is 4. The fourth-order valence-corrected chi connectivity index (χ4v) is 4.99. The average molecular weight is 407 g/mol. The highest BCUT2D eigenvalue weighted by molar-refractivity contribution is 7.15. The molecule has 28 heavy (non-hydrogen) atoms. The minimum Gasteiger partial charge on any atom is -0.369 e. The zero-order chi connectivity index (χ0) is 20.3. The second-order valence-electron chi connectivity index (χ2n) is 7.57. The molecule has 0 unspecified atom stereocenters. The van der Waals surface area contributed by atoms with Gasteiger partial charge in [0.1, 0.15) is 5.54 Å². The summed E-state index contributed by atoms with van der Waals surface area (Å²) in [6, 6.07) is 8.91. The molecule has 1 saturated carbocycles. The Labute approximate surface area is 164 Å². The molecular weight excluding hydrogens is 387 g/mol. The van der Waals surface area contributed by atoms with Gasteiger partial charge in [-0.15, -0.1) is 11.3 Å². The van der Waals surface area contributed by atoms with Crippen molar-refractivity contribution >= 4 is 23.2 Å². The van der Waals surface area contributed by atoms with Crippen molar-refractivity contribution < 1.29 is 18.0 Å². The molecule has 1 aromatic carbocycles. The Bertz CT molecular complexity index is 964. The number of halogens is 3. The van der Waals surface area contributed by atoms with Crippen molar-refractivity contribution in [3.05, 3.63) is 46.8 Å². The molecule has 0 bridgehead atoms. The Morgan fingerprint density at radius 2 is 1.96 bits per heavy atom. The maximum atomic E-state index is 13.0. The maximum absolute atomic E-state index is 13.0. The van der Waals surface area contributed by atoms with Crippen LogP contribution in [0.25, 0.3) is 10.4 Å². The number of aliphatic imine (C=N–C) groups is 1. The summed E-state index contributed by atoms with van der Waals surface area (Å²) in [5.74, 6) is 0.0682. The van der Waals surface area contributed by atoms with Crippen molar-refractivity contribution in [1.29, 1.82) is 0 Å². The third-order valence-electron chi connectivity index (χ3n) is 5.57. The van der Waals surface area contributed by atoms with Crippen LogP contribution in [0.15, 0.2) is 41.4 Å². The number of guanidine groups is 1. The first-order chi connectivity index (χ1) is 13.1. The Morgan fingerprint density at radius 1 is 1.25 bits per heavy atom. The molecule has 1 amide bonds. The first kappa shape index (κ1) is 19.0. The Hall–Kier alpha value is -2.35. The van der Waals surface area contributed by atoms with Gasteiger partial charge in [-0.2, -0.15) is 13.2 Å². The standard InChI is InChI=1S/C20H20F3N3OS/c1-19(16(11-6-7-11)17(27)26(2)18(24)25-19)15-9-8-14(28-15)12-4-3-5-13(10-12)20(21,22)23/h3-5,8-11,16H,6-7H2,1-2H3,(H2,24,25)/t16-,19-/m1/s1. The summed E-state index contributed by atoms with van der Waals surface area (Å²) in [5.41, 5.74) is 4.99. The van der Waals surface area contributed by atoms with Crippen molar-refractivity contribution in [1.82, 2.24) is 4.90 Å². The molecule has 1 aliphatic carbocycles. The summed E-state index contributed by atoms with van der Waals surface area (Å²) >= 11 is 1.36.